The van der Waals surface area contributed by atoms with Gasteiger partial charge >= 0.3 is 0 Å². The molecular weight excluding hydrogens is 128 g/mol. The van der Waals surface area contributed by atoms with E-state index >= 15 is 0 Å². The number of hydrogen-bond donors (Lipinski definition) is 1. The topological polar surface area (TPSA) is 42.0 Å². The molecule has 0 aliphatic carbocycles. The predicted molar refractivity (Wildman–Crippen MR) is 37.1 cm³/mol. The van der Waals surface area contributed by atoms with Gasteiger partial charge in [0.25, 0.3) is 0 Å². The van der Waals surface area contributed by atoms with Crippen molar-refractivity contribution in [1.29, 1.82) is 0 Å². The van der Waals surface area contributed by atoms with Crippen molar-refractivity contribution < 1.29 is 4.79 Å². The highest BCUT2D eigenvalue weighted by Gasteiger charge is 1.86. The summed E-state index contributed by atoms with van der Waals surface area (Å²) in [6.07, 6.45) is 4.07. The molecule has 1 amide bonds. The summed E-state index contributed by atoms with van der Waals surface area (Å²) in [6, 6.07) is 3.72. The quantitative estimate of drug-likeness (QED) is 0.608. The molecule has 1 heterocycles. The summed E-state index contributed by atoms with van der Waals surface area (Å²) in [5, 5.41) is 2.56. The maximum Gasteiger partial charge on any atom is 0.207 e. The van der Waals surface area contributed by atoms with E-state index in [-0.39, 0.29) is 0 Å². The Hall–Kier alpha value is -1.38. The van der Waals surface area contributed by atoms with Gasteiger partial charge in [0.2, 0.25) is 6.41 Å². The van der Waals surface area contributed by atoms with E-state index in [1.807, 2.05) is 12.1 Å². The Morgan fingerprint density at radius 2 is 2.20 bits per heavy atom. The van der Waals surface area contributed by atoms with E-state index in [0.29, 0.717) is 13.0 Å². The fraction of sp³-hybridized carbons (Fsp3) is 0.143. The van der Waals surface area contributed by atoms with E-state index in [0.717, 1.165) is 5.56 Å². The Balaban J connectivity index is 2.50. The molecule has 0 aromatic carbocycles. The van der Waals surface area contributed by atoms with Crippen molar-refractivity contribution in [3.63, 3.8) is 0 Å². The second-order valence-corrected chi connectivity index (χ2v) is 1.85. The van der Waals surface area contributed by atoms with Gasteiger partial charge in [0.15, 0.2) is 0 Å². The molecule has 0 aliphatic rings. The van der Waals surface area contributed by atoms with Gasteiger partial charge in [-0.15, -0.1) is 0 Å². The largest absolute Gasteiger partial charge is 0.355 e. The van der Waals surface area contributed by atoms with Crippen molar-refractivity contribution in [3.05, 3.63) is 30.1 Å². The molecule has 10 heavy (non-hydrogen) atoms. The molecule has 0 atom stereocenters. The number of amides is 1. The van der Waals surface area contributed by atoms with Crippen LogP contribution in [0.2, 0.25) is 0 Å². The molecule has 52 valence electrons. The lowest BCUT2D eigenvalue weighted by atomic mass is 10.3. The second-order valence-electron chi connectivity index (χ2n) is 1.85. The minimum absolute atomic E-state index is 0.575. The van der Waals surface area contributed by atoms with Crippen LogP contribution in [0.5, 0.6) is 0 Å². The Morgan fingerprint density at radius 1 is 1.50 bits per heavy atom. The summed E-state index contributed by atoms with van der Waals surface area (Å²) in [4.78, 5) is 13.7. The standard InChI is InChI=1S/C7H8N2O/c10-6-9-5-7-1-3-8-4-2-7/h1-4,6H,5H2,(H,9,10). The summed E-state index contributed by atoms with van der Waals surface area (Å²) < 4.78 is 0. The van der Waals surface area contributed by atoms with E-state index in [1.54, 1.807) is 12.4 Å². The molecule has 1 N–H and O–H groups in total. The molecule has 3 nitrogen and oxygen atoms in total. The first-order chi connectivity index (χ1) is 4.93. The molecule has 0 radical (unpaired) electrons. The first-order valence-corrected chi connectivity index (χ1v) is 2.99. The Kier molecular flexibility index (Phi) is 2.43. The zero-order valence-electron chi connectivity index (χ0n) is 5.45. The van der Waals surface area contributed by atoms with E-state index < -0.39 is 0 Å². The molecule has 0 aliphatic heterocycles. The number of nitrogens with one attached hydrogen (secondary N) is 1. The fourth-order valence-electron chi connectivity index (χ4n) is 0.660. The first-order valence-electron chi connectivity index (χ1n) is 2.99. The van der Waals surface area contributed by atoms with Crippen molar-refractivity contribution in [1.82, 2.24) is 10.3 Å². The third-order valence-corrected chi connectivity index (χ3v) is 1.14. The Bertz CT molecular complexity index is 198. The minimum Gasteiger partial charge on any atom is -0.355 e. The molecule has 0 bridgehead atoms. The molecule has 0 unspecified atom stereocenters. The summed E-state index contributed by atoms with van der Waals surface area (Å²) >= 11 is 0. The maximum atomic E-state index is 9.85. The third kappa shape index (κ3) is 1.85. The summed E-state index contributed by atoms with van der Waals surface area (Å²) in [5.41, 5.74) is 1.06. The summed E-state index contributed by atoms with van der Waals surface area (Å²) in [7, 11) is 0. The number of pyridine rings is 1. The van der Waals surface area contributed by atoms with Crippen molar-refractivity contribution in [2.24, 2.45) is 0 Å². The van der Waals surface area contributed by atoms with Crippen LogP contribution in [-0.4, -0.2) is 11.4 Å². The van der Waals surface area contributed by atoms with Crippen LogP contribution >= 0.6 is 0 Å². The van der Waals surface area contributed by atoms with Gasteiger partial charge in [-0.1, -0.05) is 0 Å². The Labute approximate surface area is 59.1 Å². The number of rotatable bonds is 3. The smallest absolute Gasteiger partial charge is 0.207 e. The van der Waals surface area contributed by atoms with Gasteiger partial charge in [-0.3, -0.25) is 9.78 Å². The van der Waals surface area contributed by atoms with Gasteiger partial charge in [-0.05, 0) is 17.7 Å². The van der Waals surface area contributed by atoms with Crippen molar-refractivity contribution in [2.75, 3.05) is 0 Å². The highest BCUT2D eigenvalue weighted by Crippen LogP contribution is 1.93. The van der Waals surface area contributed by atoms with Gasteiger partial charge < -0.3 is 5.32 Å². The van der Waals surface area contributed by atoms with Gasteiger partial charge in [-0.25, -0.2) is 0 Å². The number of carbonyl (C=O) groups is 1. The normalized spacial score (nSPS) is 8.80. The van der Waals surface area contributed by atoms with Crippen LogP contribution in [0, 0.1) is 0 Å². The lowest BCUT2D eigenvalue weighted by molar-refractivity contribution is -0.109. The average Bonchev–Trinajstić information content (AvgIpc) is 2.03. The zero-order chi connectivity index (χ0) is 7.23. The second kappa shape index (κ2) is 3.61. The molecule has 1 aromatic heterocycles. The lowest BCUT2D eigenvalue weighted by Gasteiger charge is -1.95. The highest BCUT2D eigenvalue weighted by atomic mass is 16.1. The van der Waals surface area contributed by atoms with Crippen molar-refractivity contribution in [2.45, 2.75) is 6.54 Å². The van der Waals surface area contributed by atoms with E-state index in [1.165, 1.54) is 0 Å². The monoisotopic (exact) mass is 136 g/mol. The molecule has 3 heteroatoms. The summed E-state index contributed by atoms with van der Waals surface area (Å²) in [6.45, 7) is 0.575. The number of nitrogens with zero attached hydrogens (tertiary/aromatic N) is 1. The number of carbonyl (C=O) groups excluding carboxylic acids is 1. The highest BCUT2D eigenvalue weighted by molar-refractivity contribution is 5.46. The fourth-order valence-corrected chi connectivity index (χ4v) is 0.660. The van der Waals surface area contributed by atoms with Crippen molar-refractivity contribution >= 4 is 6.41 Å². The molecular formula is C7H8N2O. The van der Waals surface area contributed by atoms with Crippen molar-refractivity contribution in [3.8, 4) is 0 Å². The van der Waals surface area contributed by atoms with Crippen LogP contribution in [0.1, 0.15) is 5.56 Å². The zero-order valence-corrected chi connectivity index (χ0v) is 5.45. The van der Waals surface area contributed by atoms with Gasteiger partial charge in [-0.2, -0.15) is 0 Å². The first kappa shape index (κ1) is 6.74. The SMILES string of the molecule is O=CNCc1ccncc1. The molecule has 0 spiro atoms. The molecule has 1 rings (SSSR count). The van der Waals surface area contributed by atoms with Crippen LogP contribution in [0.3, 0.4) is 0 Å². The van der Waals surface area contributed by atoms with Crippen LogP contribution in [0.25, 0.3) is 0 Å². The summed E-state index contributed by atoms with van der Waals surface area (Å²) in [5.74, 6) is 0. The van der Waals surface area contributed by atoms with E-state index in [4.69, 9.17) is 0 Å². The lowest BCUT2D eigenvalue weighted by Crippen LogP contribution is -2.09. The predicted octanol–water partition coefficient (Wildman–Crippen LogP) is 0.328. The van der Waals surface area contributed by atoms with E-state index in [9.17, 15) is 4.79 Å². The maximum absolute atomic E-state index is 9.85. The number of hydrogen-bond acceptors (Lipinski definition) is 2. The van der Waals surface area contributed by atoms with Crippen LogP contribution < -0.4 is 5.32 Å². The van der Waals surface area contributed by atoms with E-state index in [2.05, 4.69) is 10.3 Å². The van der Waals surface area contributed by atoms with Crippen LogP contribution in [0.4, 0.5) is 0 Å². The molecule has 0 fully saturated rings. The molecule has 0 saturated carbocycles. The van der Waals surface area contributed by atoms with Gasteiger partial charge in [0.05, 0.1) is 0 Å². The average molecular weight is 136 g/mol. The molecule has 0 saturated heterocycles. The van der Waals surface area contributed by atoms with Crippen LogP contribution in [-0.2, 0) is 11.3 Å². The Morgan fingerprint density at radius 3 is 2.80 bits per heavy atom. The van der Waals surface area contributed by atoms with Crippen LogP contribution in [0.15, 0.2) is 24.5 Å². The minimum atomic E-state index is 0.575. The van der Waals surface area contributed by atoms with Gasteiger partial charge in [0.1, 0.15) is 0 Å². The van der Waals surface area contributed by atoms with Gasteiger partial charge in [0, 0.05) is 18.9 Å². The number of aromatic nitrogens is 1. The third-order valence-electron chi connectivity index (χ3n) is 1.14. The molecule has 1 aromatic rings.